The van der Waals surface area contributed by atoms with Crippen LogP contribution in [0, 0.1) is 3.57 Å². The fourth-order valence-electron chi connectivity index (χ4n) is 3.38. The number of ether oxygens (including phenoxy) is 2. The lowest BCUT2D eigenvalue weighted by Crippen LogP contribution is -2.44. The molecule has 0 aliphatic carbocycles. The molecule has 0 fully saturated rings. The molecule has 0 saturated carbocycles. The third-order valence-corrected chi connectivity index (χ3v) is 6.05. The molecule has 3 rings (SSSR count). The highest BCUT2D eigenvalue weighted by Gasteiger charge is 2.21. The van der Waals surface area contributed by atoms with Gasteiger partial charge in [0.15, 0.2) is 0 Å². The molecule has 3 N–H and O–H groups in total. The Morgan fingerprint density at radius 3 is 1.89 bits per heavy atom. The van der Waals surface area contributed by atoms with Crippen LogP contribution in [0.5, 0.6) is 0 Å². The smallest absolute Gasteiger partial charge is 0.408 e. The zero-order valence-electron chi connectivity index (χ0n) is 20.3. The van der Waals surface area contributed by atoms with Gasteiger partial charge in [-0.3, -0.25) is 4.79 Å². The second-order valence-corrected chi connectivity index (χ2v) is 9.48. The summed E-state index contributed by atoms with van der Waals surface area (Å²) in [5, 5.41) is 8.21. The first kappa shape index (κ1) is 28.0. The van der Waals surface area contributed by atoms with E-state index in [-0.39, 0.29) is 19.1 Å². The summed E-state index contributed by atoms with van der Waals surface area (Å²) in [4.78, 5) is 37.2. The van der Waals surface area contributed by atoms with Gasteiger partial charge in [0.1, 0.15) is 19.3 Å². The highest BCUT2D eigenvalue weighted by Crippen LogP contribution is 2.13. The SMILES string of the molecule is O=C(NCCCC[C@@H](NC(=O)OCc1ccccc1)C(=O)Nc1ccc(I)cc1)OCc1ccccc1. The molecule has 0 radical (unpaired) electrons. The van der Waals surface area contributed by atoms with E-state index in [0.29, 0.717) is 31.5 Å². The van der Waals surface area contributed by atoms with Crippen molar-refractivity contribution in [3.8, 4) is 0 Å². The molecule has 0 spiro atoms. The van der Waals surface area contributed by atoms with E-state index in [2.05, 4.69) is 38.5 Å². The average Bonchev–Trinajstić information content (AvgIpc) is 2.92. The Morgan fingerprint density at radius 2 is 1.30 bits per heavy atom. The molecule has 3 amide bonds. The van der Waals surface area contributed by atoms with E-state index in [0.717, 1.165) is 14.7 Å². The normalized spacial score (nSPS) is 11.2. The summed E-state index contributed by atoms with van der Waals surface area (Å²) >= 11 is 2.19. The standard InChI is InChI=1S/C28H30IN3O5/c29-23-14-16-24(17-15-23)31-26(33)25(32-28(35)37-20-22-11-5-2-6-12-22)13-7-8-18-30-27(34)36-19-21-9-3-1-4-10-21/h1-6,9-12,14-17,25H,7-8,13,18-20H2,(H,30,34)(H,31,33)(H,32,35)/t25-/m1/s1. The summed E-state index contributed by atoms with van der Waals surface area (Å²) in [5.41, 5.74) is 2.39. The largest absolute Gasteiger partial charge is 0.445 e. The summed E-state index contributed by atoms with van der Waals surface area (Å²) in [6.07, 6.45) is 0.392. The van der Waals surface area contributed by atoms with Crippen LogP contribution in [0.4, 0.5) is 15.3 Å². The molecular formula is C28H30IN3O5. The van der Waals surface area contributed by atoms with Gasteiger partial charge in [-0.2, -0.15) is 0 Å². The van der Waals surface area contributed by atoms with Crippen LogP contribution < -0.4 is 16.0 Å². The van der Waals surface area contributed by atoms with Gasteiger partial charge in [0.2, 0.25) is 5.91 Å². The number of alkyl carbamates (subject to hydrolysis) is 2. The molecular weight excluding hydrogens is 585 g/mol. The molecule has 0 saturated heterocycles. The summed E-state index contributed by atoms with van der Waals surface area (Å²) in [6.45, 7) is 0.688. The Balaban J connectivity index is 1.45. The summed E-state index contributed by atoms with van der Waals surface area (Å²) in [5.74, 6) is -0.340. The predicted octanol–water partition coefficient (Wildman–Crippen LogP) is 5.62. The molecule has 0 aliphatic heterocycles. The Kier molecular flexibility index (Phi) is 11.7. The second kappa shape index (κ2) is 15.5. The first-order chi connectivity index (χ1) is 18.0. The Labute approximate surface area is 230 Å². The minimum absolute atomic E-state index is 0.104. The van der Waals surface area contributed by atoms with Gasteiger partial charge in [-0.05, 0) is 77.2 Å². The van der Waals surface area contributed by atoms with Crippen molar-refractivity contribution < 1.29 is 23.9 Å². The van der Waals surface area contributed by atoms with Crippen molar-refractivity contribution in [1.29, 1.82) is 0 Å². The number of halogens is 1. The predicted molar refractivity (Wildman–Crippen MR) is 150 cm³/mol. The minimum Gasteiger partial charge on any atom is -0.445 e. The number of unbranched alkanes of at least 4 members (excludes halogenated alkanes) is 1. The van der Waals surface area contributed by atoms with Gasteiger partial charge >= 0.3 is 12.2 Å². The minimum atomic E-state index is -0.799. The first-order valence-corrected chi connectivity index (χ1v) is 13.1. The maximum atomic E-state index is 12.9. The van der Waals surface area contributed by atoms with Gasteiger partial charge in [-0.1, -0.05) is 60.7 Å². The van der Waals surface area contributed by atoms with Crippen LogP contribution in [0.1, 0.15) is 30.4 Å². The van der Waals surface area contributed by atoms with Crippen molar-refractivity contribution in [2.24, 2.45) is 0 Å². The van der Waals surface area contributed by atoms with Crippen LogP contribution in [0.25, 0.3) is 0 Å². The van der Waals surface area contributed by atoms with Crippen molar-refractivity contribution >= 4 is 46.4 Å². The van der Waals surface area contributed by atoms with Crippen molar-refractivity contribution in [2.75, 3.05) is 11.9 Å². The number of carbonyl (C=O) groups is 3. The fraction of sp³-hybridized carbons (Fsp3) is 0.250. The van der Waals surface area contributed by atoms with E-state index in [1.807, 2.05) is 72.8 Å². The molecule has 1 atom stereocenters. The molecule has 0 bridgehead atoms. The van der Waals surface area contributed by atoms with Crippen LogP contribution >= 0.6 is 22.6 Å². The number of hydrogen-bond acceptors (Lipinski definition) is 5. The number of nitrogens with one attached hydrogen (secondary N) is 3. The quantitative estimate of drug-likeness (QED) is 0.181. The van der Waals surface area contributed by atoms with Crippen LogP contribution in [-0.2, 0) is 27.5 Å². The molecule has 3 aromatic carbocycles. The number of rotatable bonds is 12. The maximum Gasteiger partial charge on any atom is 0.408 e. The molecule has 0 aromatic heterocycles. The number of anilines is 1. The summed E-state index contributed by atoms with van der Waals surface area (Å²) in [6, 6.07) is 25.3. The molecule has 37 heavy (non-hydrogen) atoms. The van der Waals surface area contributed by atoms with Gasteiger partial charge in [-0.25, -0.2) is 9.59 Å². The van der Waals surface area contributed by atoms with Gasteiger partial charge < -0.3 is 25.4 Å². The zero-order chi connectivity index (χ0) is 26.3. The highest BCUT2D eigenvalue weighted by molar-refractivity contribution is 14.1. The van der Waals surface area contributed by atoms with Gasteiger partial charge in [0.05, 0.1) is 0 Å². The lowest BCUT2D eigenvalue weighted by atomic mass is 10.1. The Bertz CT molecular complexity index is 1130. The number of amides is 3. The number of carbonyl (C=O) groups excluding carboxylic acids is 3. The molecule has 8 nitrogen and oxygen atoms in total. The van der Waals surface area contributed by atoms with E-state index >= 15 is 0 Å². The van der Waals surface area contributed by atoms with Crippen molar-refractivity contribution in [3.63, 3.8) is 0 Å². The highest BCUT2D eigenvalue weighted by atomic mass is 127. The van der Waals surface area contributed by atoms with Gasteiger partial charge in [-0.15, -0.1) is 0 Å². The Hall–Kier alpha value is -3.60. The third kappa shape index (κ3) is 10.9. The number of hydrogen-bond donors (Lipinski definition) is 3. The van der Waals surface area contributed by atoms with Crippen LogP contribution in [-0.4, -0.2) is 30.7 Å². The van der Waals surface area contributed by atoms with Gasteiger partial charge in [0.25, 0.3) is 0 Å². The van der Waals surface area contributed by atoms with E-state index in [9.17, 15) is 14.4 Å². The van der Waals surface area contributed by atoms with E-state index in [1.54, 1.807) is 12.1 Å². The average molecular weight is 615 g/mol. The lowest BCUT2D eigenvalue weighted by molar-refractivity contribution is -0.118. The van der Waals surface area contributed by atoms with Crippen LogP contribution in [0.15, 0.2) is 84.9 Å². The van der Waals surface area contributed by atoms with Crippen molar-refractivity contribution in [3.05, 3.63) is 99.6 Å². The topological polar surface area (TPSA) is 106 Å². The lowest BCUT2D eigenvalue weighted by Gasteiger charge is -2.18. The van der Waals surface area contributed by atoms with Crippen molar-refractivity contribution in [1.82, 2.24) is 10.6 Å². The van der Waals surface area contributed by atoms with E-state index in [4.69, 9.17) is 9.47 Å². The third-order valence-electron chi connectivity index (χ3n) is 5.33. The van der Waals surface area contributed by atoms with Crippen LogP contribution in [0.3, 0.4) is 0 Å². The fourth-order valence-corrected chi connectivity index (χ4v) is 3.74. The maximum absolute atomic E-state index is 12.9. The number of benzene rings is 3. The molecule has 9 heteroatoms. The summed E-state index contributed by atoms with van der Waals surface area (Å²) in [7, 11) is 0. The molecule has 0 aliphatic rings. The van der Waals surface area contributed by atoms with E-state index in [1.165, 1.54) is 0 Å². The second-order valence-electron chi connectivity index (χ2n) is 8.24. The van der Waals surface area contributed by atoms with E-state index < -0.39 is 18.2 Å². The van der Waals surface area contributed by atoms with Crippen LogP contribution in [0.2, 0.25) is 0 Å². The summed E-state index contributed by atoms with van der Waals surface area (Å²) < 4.78 is 11.5. The first-order valence-electron chi connectivity index (χ1n) is 12.0. The molecule has 0 heterocycles. The van der Waals surface area contributed by atoms with Gasteiger partial charge in [0, 0.05) is 15.8 Å². The Morgan fingerprint density at radius 1 is 0.730 bits per heavy atom. The molecule has 0 unspecified atom stereocenters. The van der Waals surface area contributed by atoms with Crippen molar-refractivity contribution in [2.45, 2.75) is 38.5 Å². The molecule has 194 valence electrons. The zero-order valence-corrected chi connectivity index (χ0v) is 22.5. The molecule has 3 aromatic rings. The monoisotopic (exact) mass is 615 g/mol.